The van der Waals surface area contributed by atoms with Gasteiger partial charge in [-0.1, -0.05) is 12.1 Å². The van der Waals surface area contributed by atoms with Crippen molar-refractivity contribution in [1.29, 1.82) is 0 Å². The van der Waals surface area contributed by atoms with Crippen LogP contribution in [-0.2, 0) is 13.0 Å². The molecular weight excluding hydrogens is 258 g/mol. The molecule has 0 aliphatic rings. The zero-order valence-corrected chi connectivity index (χ0v) is 11.3. The minimum atomic E-state index is -0.206. The third-order valence-electron chi connectivity index (χ3n) is 2.68. The number of aromatic amines is 1. The van der Waals surface area contributed by atoms with Crippen molar-refractivity contribution in [3.63, 3.8) is 0 Å². The van der Waals surface area contributed by atoms with Crippen molar-refractivity contribution in [1.82, 2.24) is 9.97 Å². The molecule has 1 aromatic carbocycles. The Morgan fingerprint density at radius 1 is 1.30 bits per heavy atom. The lowest BCUT2D eigenvalue weighted by Crippen LogP contribution is -2.16. The van der Waals surface area contributed by atoms with E-state index < -0.39 is 0 Å². The molecule has 6 nitrogen and oxygen atoms in total. The molecule has 0 radical (unpaired) electrons. The normalized spacial score (nSPS) is 10.3. The first-order chi connectivity index (χ1) is 9.72. The van der Waals surface area contributed by atoms with Gasteiger partial charge in [0.15, 0.2) is 11.5 Å². The molecule has 0 saturated carbocycles. The Morgan fingerprint density at radius 2 is 2.05 bits per heavy atom. The lowest BCUT2D eigenvalue weighted by Gasteiger charge is -2.10. The van der Waals surface area contributed by atoms with E-state index in [4.69, 9.17) is 15.2 Å². The van der Waals surface area contributed by atoms with E-state index in [-0.39, 0.29) is 12.2 Å². The van der Waals surface area contributed by atoms with Crippen LogP contribution in [0.5, 0.6) is 11.5 Å². The van der Waals surface area contributed by atoms with Crippen LogP contribution in [0.25, 0.3) is 0 Å². The Hall–Kier alpha value is -2.34. The van der Waals surface area contributed by atoms with E-state index in [0.717, 1.165) is 0 Å². The fraction of sp³-hybridized carbons (Fsp3) is 0.286. The molecule has 0 aliphatic heterocycles. The van der Waals surface area contributed by atoms with E-state index in [9.17, 15) is 4.79 Å². The minimum absolute atomic E-state index is 0.161. The van der Waals surface area contributed by atoms with Gasteiger partial charge in [-0.15, -0.1) is 0 Å². The molecule has 0 fully saturated rings. The average molecular weight is 275 g/mol. The molecule has 6 heteroatoms. The van der Waals surface area contributed by atoms with Gasteiger partial charge in [0.1, 0.15) is 12.4 Å². The van der Waals surface area contributed by atoms with Crippen molar-refractivity contribution in [2.75, 3.05) is 13.7 Å². The second-order valence-electron chi connectivity index (χ2n) is 4.16. The molecule has 0 unspecified atom stereocenters. The first-order valence-corrected chi connectivity index (χ1v) is 6.28. The number of nitrogens with two attached hydrogens (primary N) is 1. The Morgan fingerprint density at radius 3 is 2.75 bits per heavy atom. The van der Waals surface area contributed by atoms with E-state index in [1.54, 1.807) is 19.2 Å². The largest absolute Gasteiger partial charge is 0.493 e. The number of para-hydroxylation sites is 2. The summed E-state index contributed by atoms with van der Waals surface area (Å²) in [6.07, 6.45) is 0.561. The highest BCUT2D eigenvalue weighted by molar-refractivity contribution is 5.39. The molecule has 1 aromatic heterocycles. The summed E-state index contributed by atoms with van der Waals surface area (Å²) < 4.78 is 10.8. The van der Waals surface area contributed by atoms with Crippen LogP contribution in [0.2, 0.25) is 0 Å². The molecular formula is C14H17N3O3. The number of ether oxygens (including phenoxy) is 2. The van der Waals surface area contributed by atoms with Gasteiger partial charge in [-0.3, -0.25) is 4.79 Å². The van der Waals surface area contributed by atoms with Gasteiger partial charge in [0.2, 0.25) is 0 Å². The number of benzene rings is 1. The van der Waals surface area contributed by atoms with Crippen molar-refractivity contribution in [3.05, 3.63) is 52.2 Å². The number of aromatic nitrogens is 2. The maximum atomic E-state index is 11.5. The number of nitrogens with zero attached hydrogens (tertiary/aromatic N) is 1. The molecule has 1 heterocycles. The molecule has 0 saturated heterocycles. The van der Waals surface area contributed by atoms with Gasteiger partial charge in [-0.25, -0.2) is 4.98 Å². The van der Waals surface area contributed by atoms with Crippen LogP contribution in [0, 0.1) is 0 Å². The van der Waals surface area contributed by atoms with E-state index in [1.165, 1.54) is 6.07 Å². The number of nitrogens with one attached hydrogen (secondary N) is 1. The van der Waals surface area contributed by atoms with Gasteiger partial charge in [0.25, 0.3) is 5.56 Å². The second-order valence-corrected chi connectivity index (χ2v) is 4.16. The predicted octanol–water partition coefficient (Wildman–Crippen LogP) is 0.859. The zero-order chi connectivity index (χ0) is 14.4. The lowest BCUT2D eigenvalue weighted by molar-refractivity contribution is 0.275. The third-order valence-corrected chi connectivity index (χ3v) is 2.68. The molecule has 2 rings (SSSR count). The van der Waals surface area contributed by atoms with Crippen LogP contribution in [0.15, 0.2) is 35.1 Å². The lowest BCUT2D eigenvalue weighted by atomic mass is 10.3. The van der Waals surface area contributed by atoms with Crippen molar-refractivity contribution >= 4 is 0 Å². The first kappa shape index (κ1) is 14.1. The van der Waals surface area contributed by atoms with Gasteiger partial charge in [-0.05, 0) is 18.7 Å². The summed E-state index contributed by atoms with van der Waals surface area (Å²) in [5, 5.41) is 0. The Balaban J connectivity index is 2.12. The van der Waals surface area contributed by atoms with Crippen LogP contribution in [-0.4, -0.2) is 23.6 Å². The Bertz CT molecular complexity index is 625. The SMILES string of the molecule is COc1ccccc1OCc1nc(CCN)cc(=O)[nH]1. The third kappa shape index (κ3) is 3.58. The zero-order valence-electron chi connectivity index (χ0n) is 11.3. The number of rotatable bonds is 6. The smallest absolute Gasteiger partial charge is 0.251 e. The molecule has 0 amide bonds. The first-order valence-electron chi connectivity index (χ1n) is 6.28. The topological polar surface area (TPSA) is 90.2 Å². The summed E-state index contributed by atoms with van der Waals surface area (Å²) in [6.45, 7) is 0.608. The summed E-state index contributed by atoms with van der Waals surface area (Å²) >= 11 is 0. The van der Waals surface area contributed by atoms with Crippen molar-refractivity contribution in [2.45, 2.75) is 13.0 Å². The highest BCUT2D eigenvalue weighted by Crippen LogP contribution is 2.26. The summed E-state index contributed by atoms with van der Waals surface area (Å²) in [5.74, 6) is 1.70. The summed E-state index contributed by atoms with van der Waals surface area (Å²) in [6, 6.07) is 8.74. The monoisotopic (exact) mass is 275 g/mol. The van der Waals surface area contributed by atoms with Gasteiger partial charge in [0, 0.05) is 18.2 Å². The van der Waals surface area contributed by atoms with E-state index in [1.807, 2.05) is 12.1 Å². The van der Waals surface area contributed by atoms with Crippen molar-refractivity contribution in [3.8, 4) is 11.5 Å². The standard InChI is InChI=1S/C14H17N3O3/c1-19-11-4-2-3-5-12(11)20-9-13-16-10(6-7-15)8-14(18)17-13/h2-5,8H,6-7,9,15H2,1H3,(H,16,17,18). The minimum Gasteiger partial charge on any atom is -0.493 e. The highest BCUT2D eigenvalue weighted by atomic mass is 16.5. The van der Waals surface area contributed by atoms with Crippen LogP contribution in [0.4, 0.5) is 0 Å². The number of hydrogen-bond donors (Lipinski definition) is 2. The van der Waals surface area contributed by atoms with Gasteiger partial charge in [0.05, 0.1) is 7.11 Å². The quantitative estimate of drug-likeness (QED) is 0.816. The number of methoxy groups -OCH3 is 1. The van der Waals surface area contributed by atoms with Gasteiger partial charge >= 0.3 is 0 Å². The van der Waals surface area contributed by atoms with Crippen LogP contribution in [0.1, 0.15) is 11.5 Å². The van der Waals surface area contributed by atoms with E-state index >= 15 is 0 Å². The fourth-order valence-corrected chi connectivity index (χ4v) is 1.79. The molecule has 0 spiro atoms. The van der Waals surface area contributed by atoms with E-state index in [0.29, 0.717) is 36.0 Å². The molecule has 2 aromatic rings. The summed E-state index contributed by atoms with van der Waals surface area (Å²) in [4.78, 5) is 18.4. The predicted molar refractivity (Wildman–Crippen MR) is 74.9 cm³/mol. The Labute approximate surface area is 116 Å². The average Bonchev–Trinajstić information content (AvgIpc) is 2.45. The summed E-state index contributed by atoms with van der Waals surface area (Å²) in [7, 11) is 1.57. The van der Waals surface area contributed by atoms with Crippen molar-refractivity contribution < 1.29 is 9.47 Å². The Kier molecular flexibility index (Phi) is 4.73. The molecule has 0 bridgehead atoms. The summed E-state index contributed by atoms with van der Waals surface area (Å²) in [5.41, 5.74) is 5.92. The molecule has 3 N–H and O–H groups in total. The fourth-order valence-electron chi connectivity index (χ4n) is 1.79. The molecule has 106 valence electrons. The molecule has 20 heavy (non-hydrogen) atoms. The van der Waals surface area contributed by atoms with Gasteiger partial charge in [-0.2, -0.15) is 0 Å². The highest BCUT2D eigenvalue weighted by Gasteiger charge is 2.05. The number of H-pyrrole nitrogens is 1. The maximum Gasteiger partial charge on any atom is 0.251 e. The second kappa shape index (κ2) is 6.72. The van der Waals surface area contributed by atoms with E-state index in [2.05, 4.69) is 9.97 Å². The number of hydrogen-bond acceptors (Lipinski definition) is 5. The van der Waals surface area contributed by atoms with Crippen LogP contribution >= 0.6 is 0 Å². The van der Waals surface area contributed by atoms with Crippen molar-refractivity contribution in [2.24, 2.45) is 5.73 Å². The molecule has 0 aliphatic carbocycles. The molecule has 0 atom stereocenters. The van der Waals surface area contributed by atoms with Crippen LogP contribution in [0.3, 0.4) is 0 Å². The maximum absolute atomic E-state index is 11.5. The van der Waals surface area contributed by atoms with Crippen LogP contribution < -0.4 is 20.8 Å². The van der Waals surface area contributed by atoms with Gasteiger partial charge < -0.3 is 20.2 Å².